The first-order valence-corrected chi connectivity index (χ1v) is 13.0. The van der Waals surface area contributed by atoms with Gasteiger partial charge in [-0.1, -0.05) is 76.1 Å². The molecule has 172 valence electrons. The van der Waals surface area contributed by atoms with E-state index in [1.54, 1.807) is 6.20 Å². The molecular formula is C26H32ClIN2O2. The smallest absolute Gasteiger partial charge is 0.309 e. The van der Waals surface area contributed by atoms with Crippen LogP contribution >= 0.6 is 34.2 Å². The fourth-order valence-corrected chi connectivity index (χ4v) is 5.00. The Morgan fingerprint density at radius 1 is 1.28 bits per heavy atom. The summed E-state index contributed by atoms with van der Waals surface area (Å²) < 4.78 is 3.10. The average Bonchev–Trinajstić information content (AvgIpc) is 2.94. The molecule has 0 amide bonds. The molecule has 3 rings (SSSR count). The molecule has 4 nitrogen and oxygen atoms in total. The standard InChI is InChI=1S/C26H32ClIN2O2/c1-3-4-5-6-7-9-18(2)14-20-15-19(12-13-22(20)28)26-23(16-25(31)32)30-17-21(27)10-8-11-24(30)29-26/h8,10,12-13,15,17-18H,3-7,9,11,14,16H2,1-2H3,(H,31,32). The molecule has 2 heterocycles. The summed E-state index contributed by atoms with van der Waals surface area (Å²) in [6.07, 6.45) is 14.9. The van der Waals surface area contributed by atoms with E-state index in [9.17, 15) is 9.90 Å². The van der Waals surface area contributed by atoms with Crippen molar-refractivity contribution in [3.8, 4) is 11.3 Å². The highest BCUT2D eigenvalue weighted by atomic mass is 127. The number of benzene rings is 1. The van der Waals surface area contributed by atoms with Crippen molar-refractivity contribution in [1.29, 1.82) is 0 Å². The van der Waals surface area contributed by atoms with Crippen LogP contribution in [0.25, 0.3) is 17.5 Å². The number of hydrogen-bond donors (Lipinski definition) is 1. The molecule has 1 N–H and O–H groups in total. The van der Waals surface area contributed by atoms with Crippen LogP contribution in [0.5, 0.6) is 0 Å². The summed E-state index contributed by atoms with van der Waals surface area (Å²) in [4.78, 5) is 16.5. The summed E-state index contributed by atoms with van der Waals surface area (Å²) in [5, 5.41) is 10.1. The Balaban J connectivity index is 1.85. The second-order valence-corrected chi connectivity index (χ2v) is 10.3. The number of nitrogens with zero attached hydrogens (tertiary/aromatic N) is 2. The highest BCUT2D eigenvalue weighted by Crippen LogP contribution is 2.31. The Bertz CT molecular complexity index is 1010. The topological polar surface area (TPSA) is 55.1 Å². The second-order valence-electron chi connectivity index (χ2n) is 8.70. The van der Waals surface area contributed by atoms with E-state index in [0.29, 0.717) is 23.1 Å². The number of carboxylic acids is 1. The van der Waals surface area contributed by atoms with Gasteiger partial charge in [-0.3, -0.25) is 4.79 Å². The molecule has 1 atom stereocenters. The van der Waals surface area contributed by atoms with E-state index in [-0.39, 0.29) is 6.42 Å². The SMILES string of the molecule is CCCCCCCC(C)Cc1cc(-c2nc3n(c2CC(=O)O)C=C(Cl)C=CC3)ccc1I. The Hall–Kier alpha value is -1.60. The Kier molecular flexibility index (Phi) is 9.41. The van der Waals surface area contributed by atoms with Gasteiger partial charge in [0.1, 0.15) is 5.82 Å². The van der Waals surface area contributed by atoms with Crippen LogP contribution in [0.2, 0.25) is 0 Å². The van der Waals surface area contributed by atoms with E-state index in [2.05, 4.69) is 54.6 Å². The molecule has 0 radical (unpaired) electrons. The van der Waals surface area contributed by atoms with E-state index in [1.807, 2.05) is 16.7 Å². The zero-order valence-corrected chi connectivity index (χ0v) is 21.8. The van der Waals surface area contributed by atoms with Crippen molar-refractivity contribution in [3.63, 3.8) is 0 Å². The molecule has 0 fully saturated rings. The van der Waals surface area contributed by atoms with Crippen LogP contribution in [0.3, 0.4) is 0 Å². The summed E-state index contributed by atoms with van der Waals surface area (Å²) in [6.45, 7) is 4.58. The predicted octanol–water partition coefficient (Wildman–Crippen LogP) is 7.47. The molecule has 0 spiro atoms. The maximum absolute atomic E-state index is 11.6. The van der Waals surface area contributed by atoms with Crippen LogP contribution in [-0.2, 0) is 24.1 Å². The number of imidazole rings is 1. The van der Waals surface area contributed by atoms with Crippen molar-refractivity contribution in [1.82, 2.24) is 9.55 Å². The molecule has 1 aliphatic heterocycles. The molecule has 2 aromatic rings. The van der Waals surface area contributed by atoms with Gasteiger partial charge in [-0.2, -0.15) is 0 Å². The average molecular weight is 567 g/mol. The van der Waals surface area contributed by atoms with E-state index in [4.69, 9.17) is 16.6 Å². The van der Waals surface area contributed by atoms with Gasteiger partial charge in [0, 0.05) is 21.8 Å². The maximum Gasteiger partial charge on any atom is 0.309 e. The Morgan fingerprint density at radius 2 is 2.06 bits per heavy atom. The van der Waals surface area contributed by atoms with Crippen LogP contribution in [0, 0.1) is 9.49 Å². The molecule has 1 aromatic heterocycles. The van der Waals surface area contributed by atoms with Gasteiger partial charge in [0.15, 0.2) is 0 Å². The van der Waals surface area contributed by atoms with Gasteiger partial charge in [0.2, 0.25) is 0 Å². The van der Waals surface area contributed by atoms with Crippen LogP contribution in [0.1, 0.15) is 69.5 Å². The minimum atomic E-state index is -0.877. The van der Waals surface area contributed by atoms with Crippen LogP contribution < -0.4 is 0 Å². The lowest BCUT2D eigenvalue weighted by atomic mass is 9.93. The number of carbonyl (C=O) groups is 1. The molecule has 0 saturated heterocycles. The maximum atomic E-state index is 11.6. The molecule has 6 heteroatoms. The van der Waals surface area contributed by atoms with Crippen molar-refractivity contribution in [2.45, 2.75) is 71.6 Å². The lowest BCUT2D eigenvalue weighted by molar-refractivity contribution is -0.136. The third kappa shape index (κ3) is 6.70. The van der Waals surface area contributed by atoms with Gasteiger partial charge < -0.3 is 9.67 Å². The number of carboxylic acid groups (broad SMARTS) is 1. The molecule has 0 aliphatic carbocycles. The second kappa shape index (κ2) is 12.0. The van der Waals surface area contributed by atoms with Crippen LogP contribution in [-0.4, -0.2) is 20.6 Å². The minimum Gasteiger partial charge on any atom is -0.481 e. The number of hydrogen-bond acceptors (Lipinski definition) is 2. The first-order chi connectivity index (χ1) is 15.4. The number of allylic oxidation sites excluding steroid dienone is 3. The first kappa shape index (κ1) is 25.0. The van der Waals surface area contributed by atoms with Gasteiger partial charge in [-0.05, 0) is 58.7 Å². The number of fused-ring (bicyclic) bond motifs is 1. The van der Waals surface area contributed by atoms with E-state index in [0.717, 1.165) is 23.5 Å². The number of halogens is 2. The zero-order chi connectivity index (χ0) is 23.1. The van der Waals surface area contributed by atoms with Crippen molar-refractivity contribution in [2.75, 3.05) is 0 Å². The zero-order valence-electron chi connectivity index (χ0n) is 18.9. The van der Waals surface area contributed by atoms with E-state index < -0.39 is 5.97 Å². The van der Waals surface area contributed by atoms with E-state index in [1.165, 1.54) is 47.7 Å². The summed E-state index contributed by atoms with van der Waals surface area (Å²) >= 11 is 8.67. The molecule has 1 unspecified atom stereocenters. The third-order valence-corrected chi connectivity index (χ3v) is 7.20. The third-order valence-electron chi connectivity index (χ3n) is 5.92. The monoisotopic (exact) mass is 566 g/mol. The minimum absolute atomic E-state index is 0.0987. The van der Waals surface area contributed by atoms with Gasteiger partial charge in [-0.25, -0.2) is 4.98 Å². The van der Waals surface area contributed by atoms with Gasteiger partial charge >= 0.3 is 5.97 Å². The summed E-state index contributed by atoms with van der Waals surface area (Å²) in [5.41, 5.74) is 3.69. The predicted molar refractivity (Wildman–Crippen MR) is 141 cm³/mol. The number of rotatable bonds is 11. The highest BCUT2D eigenvalue weighted by molar-refractivity contribution is 14.1. The van der Waals surface area contributed by atoms with Crippen LogP contribution in [0.4, 0.5) is 0 Å². The number of aliphatic carboxylic acids is 1. The molecule has 32 heavy (non-hydrogen) atoms. The largest absolute Gasteiger partial charge is 0.481 e. The van der Waals surface area contributed by atoms with Gasteiger partial charge in [0.05, 0.1) is 22.8 Å². The van der Waals surface area contributed by atoms with Gasteiger partial charge in [-0.15, -0.1) is 0 Å². The Labute approximate surface area is 209 Å². The first-order valence-electron chi connectivity index (χ1n) is 11.5. The number of aromatic nitrogens is 2. The number of unbranched alkanes of at least 4 members (excludes halogenated alkanes) is 4. The molecule has 1 aliphatic rings. The summed E-state index contributed by atoms with van der Waals surface area (Å²) in [7, 11) is 0. The molecule has 1 aromatic carbocycles. The Morgan fingerprint density at radius 3 is 2.81 bits per heavy atom. The molecule has 0 bridgehead atoms. The van der Waals surface area contributed by atoms with Crippen LogP contribution in [0.15, 0.2) is 35.4 Å². The summed E-state index contributed by atoms with van der Waals surface area (Å²) in [5.74, 6) is 0.547. The quantitative estimate of drug-likeness (QED) is 0.227. The van der Waals surface area contributed by atoms with Crippen molar-refractivity contribution in [3.05, 3.63) is 56.0 Å². The molecule has 0 saturated carbocycles. The van der Waals surface area contributed by atoms with Gasteiger partial charge in [0.25, 0.3) is 0 Å². The summed E-state index contributed by atoms with van der Waals surface area (Å²) in [6, 6.07) is 6.37. The normalized spacial score (nSPS) is 14.1. The van der Waals surface area contributed by atoms with E-state index >= 15 is 0 Å². The highest BCUT2D eigenvalue weighted by Gasteiger charge is 2.21. The fourth-order valence-electron chi connectivity index (χ4n) is 4.25. The van der Waals surface area contributed by atoms with Crippen molar-refractivity contribution < 1.29 is 9.90 Å². The molecular weight excluding hydrogens is 535 g/mol. The van der Waals surface area contributed by atoms with Crippen molar-refractivity contribution >= 4 is 46.4 Å². The lowest BCUT2D eigenvalue weighted by Gasteiger charge is -2.14. The fraction of sp³-hybridized carbons (Fsp3) is 0.462. The lowest BCUT2D eigenvalue weighted by Crippen LogP contribution is -2.07. The van der Waals surface area contributed by atoms with Crippen molar-refractivity contribution in [2.24, 2.45) is 5.92 Å².